The van der Waals surface area contributed by atoms with Gasteiger partial charge in [-0.3, -0.25) is 19.7 Å². The second-order valence-corrected chi connectivity index (χ2v) is 4.45. The number of hydrogen-bond acceptors (Lipinski definition) is 4. The van der Waals surface area contributed by atoms with Gasteiger partial charge in [-0.15, -0.1) is 0 Å². The highest BCUT2D eigenvalue weighted by Gasteiger charge is 2.22. The van der Waals surface area contributed by atoms with Crippen molar-refractivity contribution in [2.24, 2.45) is 5.92 Å². The summed E-state index contributed by atoms with van der Waals surface area (Å²) in [4.78, 5) is 31.6. The van der Waals surface area contributed by atoms with Gasteiger partial charge < -0.3 is 10.4 Å². The summed E-state index contributed by atoms with van der Waals surface area (Å²) >= 11 is 0. The number of nitro groups is 1. The molecule has 0 aliphatic heterocycles. The Morgan fingerprint density at radius 2 is 2.00 bits per heavy atom. The molecule has 1 atom stereocenters. The zero-order chi connectivity index (χ0) is 16.2. The molecule has 0 heterocycles. The lowest BCUT2D eigenvalue weighted by molar-refractivity contribution is -0.387. The fraction of sp³-hybridized carbons (Fsp3) is 0.333. The van der Waals surface area contributed by atoms with E-state index in [1.807, 2.05) is 0 Å². The smallest absolute Gasteiger partial charge is 0.305 e. The molecule has 1 amide bonds. The molecule has 1 aromatic carbocycles. The van der Waals surface area contributed by atoms with Crippen molar-refractivity contribution in [1.29, 1.82) is 0 Å². The van der Waals surface area contributed by atoms with E-state index in [2.05, 4.69) is 5.32 Å². The molecule has 0 saturated carbocycles. The summed E-state index contributed by atoms with van der Waals surface area (Å²) in [5, 5.41) is 21.3. The molecule has 1 aromatic rings. The molecule has 0 spiro atoms. The third-order valence-corrected chi connectivity index (χ3v) is 2.61. The maximum atomic E-state index is 13.5. The fourth-order valence-electron chi connectivity index (χ4n) is 1.58. The van der Waals surface area contributed by atoms with Crippen LogP contribution in [0.1, 0.15) is 23.7 Å². The Morgan fingerprint density at radius 1 is 1.38 bits per heavy atom. The van der Waals surface area contributed by atoms with E-state index in [0.717, 1.165) is 0 Å². The lowest BCUT2D eigenvalue weighted by Gasteiger charge is -2.10. The molecule has 21 heavy (non-hydrogen) atoms. The van der Waals surface area contributed by atoms with E-state index in [1.54, 1.807) is 6.92 Å². The highest BCUT2D eigenvalue weighted by molar-refractivity contribution is 5.95. The molecule has 0 aromatic heterocycles. The highest BCUT2D eigenvalue weighted by atomic mass is 19.1. The van der Waals surface area contributed by atoms with Crippen LogP contribution >= 0.6 is 0 Å². The Kier molecular flexibility index (Phi) is 5.28. The normalized spacial score (nSPS) is 11.8. The van der Waals surface area contributed by atoms with Gasteiger partial charge in [0, 0.05) is 25.1 Å². The van der Waals surface area contributed by atoms with Crippen LogP contribution in [0.15, 0.2) is 12.1 Å². The molecular formula is C12H12F2N2O5. The highest BCUT2D eigenvalue weighted by Crippen LogP contribution is 2.21. The van der Waals surface area contributed by atoms with E-state index in [4.69, 9.17) is 5.11 Å². The van der Waals surface area contributed by atoms with E-state index >= 15 is 0 Å². The summed E-state index contributed by atoms with van der Waals surface area (Å²) in [5.41, 5.74) is -1.69. The van der Waals surface area contributed by atoms with Crippen LogP contribution in [0.25, 0.3) is 0 Å². The summed E-state index contributed by atoms with van der Waals surface area (Å²) in [6, 6.07) is 0.760. The SMILES string of the molecule is CC(CNC(=O)c1cc([N+](=O)[O-])c(F)cc1F)CC(=O)O. The fourth-order valence-corrected chi connectivity index (χ4v) is 1.58. The molecule has 1 unspecified atom stereocenters. The molecule has 0 aliphatic carbocycles. The van der Waals surface area contributed by atoms with Crippen molar-refractivity contribution in [3.8, 4) is 0 Å². The third kappa shape index (κ3) is 4.48. The summed E-state index contributed by atoms with van der Waals surface area (Å²) in [7, 11) is 0. The quantitative estimate of drug-likeness (QED) is 0.614. The topological polar surface area (TPSA) is 110 Å². The number of nitrogens with one attached hydrogen (secondary N) is 1. The van der Waals surface area contributed by atoms with Gasteiger partial charge in [0.05, 0.1) is 10.5 Å². The number of carboxylic acids is 1. The standard InChI is InChI=1S/C12H12F2N2O5/c1-6(2-11(17)18)5-15-12(19)7-3-10(16(20)21)9(14)4-8(7)13/h3-4,6H,2,5H2,1H3,(H,15,19)(H,17,18). The first kappa shape index (κ1) is 16.5. The molecule has 1 rings (SSSR count). The lowest BCUT2D eigenvalue weighted by Crippen LogP contribution is -2.30. The van der Waals surface area contributed by atoms with Crippen molar-refractivity contribution in [2.75, 3.05) is 6.54 Å². The molecule has 7 nitrogen and oxygen atoms in total. The first-order valence-electron chi connectivity index (χ1n) is 5.85. The number of halogens is 2. The molecule has 0 fully saturated rings. The van der Waals surface area contributed by atoms with Gasteiger partial charge in [-0.1, -0.05) is 6.92 Å². The van der Waals surface area contributed by atoms with Crippen LogP contribution in [0.5, 0.6) is 0 Å². The van der Waals surface area contributed by atoms with Crippen molar-refractivity contribution in [3.05, 3.63) is 39.4 Å². The van der Waals surface area contributed by atoms with Gasteiger partial charge >= 0.3 is 11.7 Å². The van der Waals surface area contributed by atoms with Crippen LogP contribution < -0.4 is 5.32 Å². The molecular weight excluding hydrogens is 290 g/mol. The van der Waals surface area contributed by atoms with Crippen molar-refractivity contribution in [2.45, 2.75) is 13.3 Å². The van der Waals surface area contributed by atoms with Crippen LogP contribution in [0, 0.1) is 27.7 Å². The minimum Gasteiger partial charge on any atom is -0.481 e. The number of hydrogen-bond donors (Lipinski definition) is 2. The second kappa shape index (κ2) is 6.73. The Morgan fingerprint density at radius 3 is 2.52 bits per heavy atom. The molecule has 2 N–H and O–H groups in total. The predicted octanol–water partition coefficient (Wildman–Crippen LogP) is 1.71. The molecule has 0 radical (unpaired) electrons. The number of carbonyl (C=O) groups is 2. The van der Waals surface area contributed by atoms with Crippen LogP contribution in [0.4, 0.5) is 14.5 Å². The average molecular weight is 302 g/mol. The number of nitrogens with zero attached hydrogens (tertiary/aromatic N) is 1. The minimum absolute atomic E-state index is 0.0598. The van der Waals surface area contributed by atoms with Gasteiger partial charge in [0.1, 0.15) is 5.82 Å². The van der Waals surface area contributed by atoms with Gasteiger partial charge in [0.2, 0.25) is 5.82 Å². The van der Waals surface area contributed by atoms with Crippen molar-refractivity contribution >= 4 is 17.6 Å². The number of aliphatic carboxylic acids is 1. The summed E-state index contributed by atoms with van der Waals surface area (Å²) < 4.78 is 26.6. The Hall–Kier alpha value is -2.58. The number of rotatable bonds is 6. The molecule has 9 heteroatoms. The Labute approximate surface area is 117 Å². The number of carboxylic acid groups (broad SMARTS) is 1. The van der Waals surface area contributed by atoms with Crippen LogP contribution in [-0.4, -0.2) is 28.5 Å². The van der Waals surface area contributed by atoms with Gasteiger partial charge in [-0.05, 0) is 5.92 Å². The number of carbonyl (C=O) groups excluding carboxylic acids is 1. The summed E-state index contributed by atoms with van der Waals surface area (Å²) in [6.45, 7) is 1.49. The van der Waals surface area contributed by atoms with Crippen molar-refractivity contribution in [1.82, 2.24) is 5.32 Å². The van der Waals surface area contributed by atoms with E-state index in [-0.39, 0.29) is 19.0 Å². The molecule has 114 valence electrons. The monoisotopic (exact) mass is 302 g/mol. The summed E-state index contributed by atoms with van der Waals surface area (Å²) in [6.07, 6.45) is -0.202. The third-order valence-electron chi connectivity index (χ3n) is 2.61. The van der Waals surface area contributed by atoms with Gasteiger partial charge in [-0.2, -0.15) is 4.39 Å². The van der Waals surface area contributed by atoms with Gasteiger partial charge in [-0.25, -0.2) is 4.39 Å². The Balaban J connectivity index is 2.85. The van der Waals surface area contributed by atoms with Crippen LogP contribution in [-0.2, 0) is 4.79 Å². The van der Waals surface area contributed by atoms with Crippen molar-refractivity contribution in [3.63, 3.8) is 0 Å². The second-order valence-electron chi connectivity index (χ2n) is 4.45. The lowest BCUT2D eigenvalue weighted by atomic mass is 10.1. The molecule has 0 aliphatic rings. The van der Waals surface area contributed by atoms with E-state index in [0.29, 0.717) is 6.07 Å². The average Bonchev–Trinajstić information content (AvgIpc) is 2.34. The minimum atomic E-state index is -1.38. The van der Waals surface area contributed by atoms with Crippen molar-refractivity contribution < 1.29 is 28.4 Å². The Bertz CT molecular complexity index is 591. The first-order chi connectivity index (χ1) is 9.72. The van der Waals surface area contributed by atoms with E-state index in [9.17, 15) is 28.5 Å². The summed E-state index contributed by atoms with van der Waals surface area (Å²) in [5.74, 6) is -5.06. The molecule has 0 bridgehead atoms. The number of benzene rings is 1. The predicted molar refractivity (Wildman–Crippen MR) is 66.8 cm³/mol. The molecule has 0 saturated heterocycles. The maximum Gasteiger partial charge on any atom is 0.305 e. The number of amides is 1. The zero-order valence-electron chi connectivity index (χ0n) is 10.9. The van der Waals surface area contributed by atoms with E-state index < -0.39 is 45.6 Å². The van der Waals surface area contributed by atoms with E-state index in [1.165, 1.54) is 0 Å². The number of nitro benzene ring substituents is 1. The van der Waals surface area contributed by atoms with Crippen LogP contribution in [0.3, 0.4) is 0 Å². The van der Waals surface area contributed by atoms with Gasteiger partial charge in [0.15, 0.2) is 0 Å². The first-order valence-corrected chi connectivity index (χ1v) is 5.85. The van der Waals surface area contributed by atoms with Crippen LogP contribution in [0.2, 0.25) is 0 Å². The van der Waals surface area contributed by atoms with Gasteiger partial charge in [0.25, 0.3) is 5.91 Å². The maximum absolute atomic E-state index is 13.5. The zero-order valence-corrected chi connectivity index (χ0v) is 10.9. The largest absolute Gasteiger partial charge is 0.481 e.